The molecule has 8 nitrogen and oxygen atoms in total. The van der Waals surface area contributed by atoms with E-state index in [1.807, 2.05) is 0 Å². The molecule has 0 bridgehead atoms. The zero-order valence-corrected chi connectivity index (χ0v) is 18.7. The summed E-state index contributed by atoms with van der Waals surface area (Å²) < 4.78 is 57.1. The van der Waals surface area contributed by atoms with Gasteiger partial charge in [-0.3, -0.25) is 4.79 Å². The summed E-state index contributed by atoms with van der Waals surface area (Å²) in [5.74, 6) is -0.498. The summed E-state index contributed by atoms with van der Waals surface area (Å²) in [6.07, 6.45) is 0.221. The second-order valence-corrected chi connectivity index (χ2v) is 10.7. The third kappa shape index (κ3) is 6.28. The average molecular weight is 455 g/mol. The van der Waals surface area contributed by atoms with Crippen LogP contribution in [0.25, 0.3) is 0 Å². The van der Waals surface area contributed by atoms with E-state index in [9.17, 15) is 21.6 Å². The molecule has 2 aromatic carbocycles. The molecule has 0 saturated heterocycles. The van der Waals surface area contributed by atoms with Crippen molar-refractivity contribution in [1.29, 1.82) is 0 Å². The van der Waals surface area contributed by atoms with Crippen LogP contribution in [0.3, 0.4) is 0 Å². The van der Waals surface area contributed by atoms with Crippen LogP contribution in [-0.4, -0.2) is 48.2 Å². The molecule has 2 N–H and O–H groups in total. The first-order valence-electron chi connectivity index (χ1n) is 9.33. The molecule has 0 spiro atoms. The van der Waals surface area contributed by atoms with Crippen LogP contribution in [0.5, 0.6) is 5.75 Å². The lowest BCUT2D eigenvalue weighted by molar-refractivity contribution is 0.0953. The summed E-state index contributed by atoms with van der Waals surface area (Å²) in [6, 6.07) is 11.8. The Labute approximate surface area is 177 Å². The smallest absolute Gasteiger partial charge is 0.251 e. The van der Waals surface area contributed by atoms with Crippen molar-refractivity contribution in [2.45, 2.75) is 36.1 Å². The third-order valence-electron chi connectivity index (χ3n) is 4.08. The molecule has 0 aliphatic carbocycles. The molecule has 0 atom stereocenters. The summed E-state index contributed by atoms with van der Waals surface area (Å²) in [7, 11) is -5.95. The summed E-state index contributed by atoms with van der Waals surface area (Å²) >= 11 is 0. The molecule has 0 heterocycles. The van der Waals surface area contributed by atoms with Crippen molar-refractivity contribution in [2.24, 2.45) is 0 Å². The molecule has 0 aliphatic heterocycles. The number of amides is 1. The number of rotatable bonds is 10. The number of ether oxygens (including phenoxy) is 1. The lowest BCUT2D eigenvalue weighted by Crippen LogP contribution is -2.31. The second-order valence-electron chi connectivity index (χ2n) is 6.88. The number of hydrogen-bond donors (Lipinski definition) is 2. The van der Waals surface area contributed by atoms with Crippen molar-refractivity contribution in [2.75, 3.05) is 19.4 Å². The summed E-state index contributed by atoms with van der Waals surface area (Å²) in [5.41, 5.74) is 0.130. The monoisotopic (exact) mass is 454 g/mol. The maximum Gasteiger partial charge on any atom is 0.251 e. The van der Waals surface area contributed by atoms with E-state index in [-0.39, 0.29) is 45.9 Å². The quantitative estimate of drug-likeness (QED) is 0.530. The van der Waals surface area contributed by atoms with Crippen LogP contribution >= 0.6 is 0 Å². The van der Waals surface area contributed by atoms with Crippen molar-refractivity contribution in [3.05, 3.63) is 54.1 Å². The van der Waals surface area contributed by atoms with Crippen LogP contribution in [0.1, 0.15) is 30.6 Å². The van der Waals surface area contributed by atoms with E-state index in [1.54, 1.807) is 32.0 Å². The molecular formula is C20H26N2O6S2. The number of nitrogens with one attached hydrogen (secondary N) is 2. The van der Waals surface area contributed by atoms with Gasteiger partial charge in [0.25, 0.3) is 5.91 Å². The maximum absolute atomic E-state index is 12.5. The van der Waals surface area contributed by atoms with Crippen LogP contribution < -0.4 is 14.8 Å². The SMILES string of the molecule is COc1ccc(C(=O)NCCCS(=O)(=O)c2ccccc2)cc1S(=O)(=O)NC(C)C. The highest BCUT2D eigenvalue weighted by molar-refractivity contribution is 7.91. The van der Waals surface area contributed by atoms with Crippen molar-refractivity contribution in [1.82, 2.24) is 10.0 Å². The van der Waals surface area contributed by atoms with Crippen LogP contribution in [0.4, 0.5) is 0 Å². The van der Waals surface area contributed by atoms with E-state index in [4.69, 9.17) is 4.74 Å². The van der Waals surface area contributed by atoms with E-state index in [2.05, 4.69) is 10.0 Å². The van der Waals surface area contributed by atoms with Gasteiger partial charge in [-0.15, -0.1) is 0 Å². The highest BCUT2D eigenvalue weighted by atomic mass is 32.2. The van der Waals surface area contributed by atoms with E-state index >= 15 is 0 Å². The van der Waals surface area contributed by atoms with E-state index in [1.165, 1.54) is 37.4 Å². The van der Waals surface area contributed by atoms with Gasteiger partial charge in [0.15, 0.2) is 9.84 Å². The Bertz CT molecular complexity index is 1080. The number of hydrogen-bond acceptors (Lipinski definition) is 6. The third-order valence-corrected chi connectivity index (χ3v) is 7.58. The molecule has 0 saturated carbocycles. The number of methoxy groups -OCH3 is 1. The van der Waals surface area contributed by atoms with Crippen LogP contribution in [0, 0.1) is 0 Å². The van der Waals surface area contributed by atoms with Gasteiger partial charge >= 0.3 is 0 Å². The molecule has 10 heteroatoms. The lowest BCUT2D eigenvalue weighted by atomic mass is 10.2. The van der Waals surface area contributed by atoms with Gasteiger partial charge in [0.05, 0.1) is 17.8 Å². The van der Waals surface area contributed by atoms with Crippen molar-refractivity contribution < 1.29 is 26.4 Å². The number of sulfonamides is 1. The molecule has 0 radical (unpaired) electrons. The Morgan fingerprint density at radius 1 is 1.03 bits per heavy atom. The predicted octanol–water partition coefficient (Wildman–Crippen LogP) is 1.98. The first-order valence-corrected chi connectivity index (χ1v) is 12.5. The van der Waals surface area contributed by atoms with Gasteiger partial charge in [0.2, 0.25) is 10.0 Å². The number of carbonyl (C=O) groups is 1. The highest BCUT2D eigenvalue weighted by Gasteiger charge is 2.22. The molecule has 0 aliphatic rings. The Balaban J connectivity index is 2.04. The fraction of sp³-hybridized carbons (Fsp3) is 0.350. The van der Waals surface area contributed by atoms with Crippen molar-refractivity contribution >= 4 is 25.8 Å². The van der Waals surface area contributed by atoms with Crippen molar-refractivity contribution in [3.63, 3.8) is 0 Å². The summed E-state index contributed by atoms with van der Waals surface area (Å²) in [4.78, 5) is 12.5. The Morgan fingerprint density at radius 3 is 2.30 bits per heavy atom. The normalized spacial score (nSPS) is 12.0. The summed E-state index contributed by atoms with van der Waals surface area (Å²) in [6.45, 7) is 3.50. The van der Waals surface area contributed by atoms with Gasteiger partial charge < -0.3 is 10.1 Å². The predicted molar refractivity (Wildman–Crippen MR) is 114 cm³/mol. The molecule has 30 heavy (non-hydrogen) atoms. The standard InChI is InChI=1S/C20H26N2O6S2/c1-15(2)22-30(26,27)19-14-16(10-11-18(19)28-3)20(23)21-12-7-13-29(24,25)17-8-5-4-6-9-17/h4-6,8-11,14-15,22H,7,12-13H2,1-3H3,(H,21,23). The van der Waals surface area contributed by atoms with E-state index < -0.39 is 25.8 Å². The Morgan fingerprint density at radius 2 is 1.70 bits per heavy atom. The Hall–Kier alpha value is -2.43. The minimum absolute atomic E-state index is 0.113. The topological polar surface area (TPSA) is 119 Å². The Kier molecular flexibility index (Phi) is 7.99. The first-order chi connectivity index (χ1) is 14.1. The lowest BCUT2D eigenvalue weighted by Gasteiger charge is -2.14. The average Bonchev–Trinajstić information content (AvgIpc) is 2.70. The van der Waals surface area contributed by atoms with Gasteiger partial charge in [-0.1, -0.05) is 18.2 Å². The van der Waals surface area contributed by atoms with Crippen LogP contribution in [0.15, 0.2) is 58.3 Å². The molecular weight excluding hydrogens is 428 g/mol. The molecule has 0 unspecified atom stereocenters. The van der Waals surface area contributed by atoms with Gasteiger partial charge in [-0.05, 0) is 50.6 Å². The minimum atomic E-state index is -3.87. The molecule has 0 aromatic heterocycles. The molecule has 0 fully saturated rings. The number of benzene rings is 2. The molecule has 1 amide bonds. The van der Waals surface area contributed by atoms with E-state index in [0.717, 1.165) is 0 Å². The summed E-state index contributed by atoms with van der Waals surface area (Å²) in [5, 5.41) is 2.62. The van der Waals surface area contributed by atoms with Crippen LogP contribution in [-0.2, 0) is 19.9 Å². The molecule has 2 rings (SSSR count). The molecule has 164 valence electrons. The van der Waals surface area contributed by atoms with Gasteiger partial charge in [0, 0.05) is 18.2 Å². The number of carbonyl (C=O) groups excluding carboxylic acids is 1. The van der Waals surface area contributed by atoms with E-state index in [0.29, 0.717) is 0 Å². The highest BCUT2D eigenvalue weighted by Crippen LogP contribution is 2.25. The second kappa shape index (κ2) is 10.1. The fourth-order valence-electron chi connectivity index (χ4n) is 2.71. The zero-order valence-electron chi connectivity index (χ0n) is 17.1. The van der Waals surface area contributed by atoms with Crippen molar-refractivity contribution in [3.8, 4) is 5.75 Å². The first kappa shape index (κ1) is 23.8. The fourth-order valence-corrected chi connectivity index (χ4v) is 5.49. The largest absolute Gasteiger partial charge is 0.495 e. The minimum Gasteiger partial charge on any atom is -0.495 e. The van der Waals surface area contributed by atoms with Gasteiger partial charge in [-0.2, -0.15) is 0 Å². The van der Waals surface area contributed by atoms with Gasteiger partial charge in [-0.25, -0.2) is 21.6 Å². The number of sulfone groups is 1. The molecule has 2 aromatic rings. The maximum atomic E-state index is 12.5. The van der Waals surface area contributed by atoms with Gasteiger partial charge in [0.1, 0.15) is 10.6 Å². The van der Waals surface area contributed by atoms with Crippen LogP contribution in [0.2, 0.25) is 0 Å². The zero-order chi connectivity index (χ0) is 22.4.